The van der Waals surface area contributed by atoms with Crippen LogP contribution in [-0.2, 0) is 4.74 Å². The van der Waals surface area contributed by atoms with Crippen LogP contribution >= 0.6 is 0 Å². The molecule has 138 valence electrons. The number of anilines is 1. The zero-order valence-electron chi connectivity index (χ0n) is 15.3. The number of hydrogen-bond donors (Lipinski definition) is 2. The second-order valence-electron chi connectivity index (χ2n) is 5.87. The molecule has 27 heavy (non-hydrogen) atoms. The smallest absolute Gasteiger partial charge is 0.411 e. The van der Waals surface area contributed by atoms with Gasteiger partial charge in [0.1, 0.15) is 5.75 Å². The zero-order valence-corrected chi connectivity index (χ0v) is 15.3. The molecule has 0 aliphatic heterocycles. The van der Waals surface area contributed by atoms with Crippen LogP contribution in [0.1, 0.15) is 18.9 Å². The molecule has 6 heteroatoms. The van der Waals surface area contributed by atoms with Gasteiger partial charge in [-0.2, -0.15) is 0 Å². The van der Waals surface area contributed by atoms with E-state index in [2.05, 4.69) is 17.3 Å². The number of fused-ring (bicyclic) bond motifs is 1. The van der Waals surface area contributed by atoms with Crippen LogP contribution in [-0.4, -0.2) is 24.4 Å². The fourth-order valence-corrected chi connectivity index (χ4v) is 2.79. The molecular weight excluding hydrogens is 342 g/mol. The molecule has 0 unspecified atom stereocenters. The number of aromatic nitrogens is 1. The summed E-state index contributed by atoms with van der Waals surface area (Å²) in [6.45, 7) is 2.33. The average Bonchev–Trinajstić information content (AvgIpc) is 3.04. The van der Waals surface area contributed by atoms with Gasteiger partial charge in [-0.25, -0.2) is 4.79 Å². The summed E-state index contributed by atoms with van der Waals surface area (Å²) >= 11 is 0. The summed E-state index contributed by atoms with van der Waals surface area (Å²) in [6.07, 6.45) is 2.22. The van der Waals surface area contributed by atoms with Crippen molar-refractivity contribution in [3.05, 3.63) is 54.2 Å². The van der Waals surface area contributed by atoms with E-state index in [-0.39, 0.29) is 0 Å². The Bertz CT molecular complexity index is 1010. The molecule has 1 amide bonds. The number of amides is 1. The molecule has 0 aliphatic carbocycles. The molecule has 3 aromatic rings. The number of hydrogen-bond acceptors (Lipinski definition) is 4. The normalized spacial score (nSPS) is 10.1. The number of nitrogens with one attached hydrogen (secondary N) is 1. The number of methoxy groups -OCH3 is 1. The molecule has 2 aromatic carbocycles. The van der Waals surface area contributed by atoms with Crippen LogP contribution in [0.3, 0.4) is 0 Å². The van der Waals surface area contributed by atoms with Crippen molar-refractivity contribution in [2.45, 2.75) is 13.3 Å². The maximum Gasteiger partial charge on any atom is 0.411 e. The van der Waals surface area contributed by atoms with Crippen LogP contribution < -0.4 is 15.8 Å². The van der Waals surface area contributed by atoms with Crippen molar-refractivity contribution in [1.29, 1.82) is 0 Å². The predicted octanol–water partition coefficient (Wildman–Crippen LogP) is 3.87. The highest BCUT2D eigenvalue weighted by molar-refractivity contribution is 5.94. The van der Waals surface area contributed by atoms with Crippen LogP contribution in [0, 0.1) is 12.0 Å². The Hall–Kier alpha value is -3.59. The molecule has 0 saturated heterocycles. The lowest BCUT2D eigenvalue weighted by atomic mass is 10.1. The first kappa shape index (κ1) is 18.2. The van der Waals surface area contributed by atoms with E-state index in [1.54, 1.807) is 7.11 Å². The van der Waals surface area contributed by atoms with Crippen LogP contribution in [0.15, 0.2) is 48.7 Å². The summed E-state index contributed by atoms with van der Waals surface area (Å²) in [5.74, 6) is 3.70. The van der Waals surface area contributed by atoms with Crippen molar-refractivity contribution in [2.75, 3.05) is 19.0 Å². The third-order valence-corrected chi connectivity index (χ3v) is 4.05. The lowest BCUT2D eigenvalue weighted by molar-refractivity contribution is 0.161. The van der Waals surface area contributed by atoms with Crippen molar-refractivity contribution in [2.24, 2.45) is 5.73 Å². The molecule has 0 atom stereocenters. The Morgan fingerprint density at radius 1 is 1.22 bits per heavy atom. The first-order valence-electron chi connectivity index (χ1n) is 8.61. The number of benzene rings is 2. The van der Waals surface area contributed by atoms with Crippen molar-refractivity contribution >= 4 is 22.7 Å². The molecule has 0 saturated carbocycles. The fourth-order valence-electron chi connectivity index (χ4n) is 2.79. The van der Waals surface area contributed by atoms with Crippen molar-refractivity contribution in [1.82, 2.24) is 4.57 Å². The Morgan fingerprint density at radius 2 is 2.00 bits per heavy atom. The average molecular weight is 363 g/mol. The molecule has 0 bridgehead atoms. The van der Waals surface area contributed by atoms with Crippen molar-refractivity contribution in [3.63, 3.8) is 0 Å². The summed E-state index contributed by atoms with van der Waals surface area (Å²) in [7, 11) is 1.63. The van der Waals surface area contributed by atoms with Crippen LogP contribution in [0.5, 0.6) is 5.75 Å². The molecule has 3 rings (SSSR count). The summed E-state index contributed by atoms with van der Waals surface area (Å²) in [5, 5.41) is 3.69. The molecule has 0 fully saturated rings. The fraction of sp³-hybridized carbons (Fsp3) is 0.190. The molecule has 1 heterocycles. The van der Waals surface area contributed by atoms with E-state index < -0.39 is 6.09 Å². The molecule has 3 N–H and O–H groups in total. The molecule has 0 aliphatic rings. The zero-order chi connectivity index (χ0) is 19.2. The lowest BCUT2D eigenvalue weighted by Gasteiger charge is -2.09. The molecule has 0 spiro atoms. The third kappa shape index (κ3) is 3.98. The molecular formula is C21H21N3O3. The van der Waals surface area contributed by atoms with Gasteiger partial charge in [-0.05, 0) is 54.8 Å². The quantitative estimate of drug-likeness (QED) is 0.533. The molecule has 0 radical (unpaired) electrons. The maximum atomic E-state index is 11.8. The maximum absolute atomic E-state index is 11.8. The lowest BCUT2D eigenvalue weighted by Crippen LogP contribution is -2.14. The number of carbonyl (C=O) groups excluding carboxylic acids is 1. The van der Waals surface area contributed by atoms with Crippen molar-refractivity contribution in [3.8, 4) is 23.4 Å². The van der Waals surface area contributed by atoms with E-state index >= 15 is 0 Å². The van der Waals surface area contributed by atoms with Gasteiger partial charge in [0.25, 0.3) is 0 Å². The first-order valence-corrected chi connectivity index (χ1v) is 8.61. The summed E-state index contributed by atoms with van der Waals surface area (Å²) < 4.78 is 12.3. The minimum absolute atomic E-state index is 0.381. The Kier molecular flexibility index (Phi) is 5.53. The van der Waals surface area contributed by atoms with Gasteiger partial charge in [-0.1, -0.05) is 6.92 Å². The van der Waals surface area contributed by atoms with Gasteiger partial charge in [-0.3, -0.25) is 5.32 Å². The van der Waals surface area contributed by atoms with Gasteiger partial charge < -0.3 is 19.8 Å². The summed E-state index contributed by atoms with van der Waals surface area (Å²) in [6, 6.07) is 15.7. The Labute approximate surface area is 157 Å². The van der Waals surface area contributed by atoms with Crippen LogP contribution in [0.4, 0.5) is 10.5 Å². The van der Waals surface area contributed by atoms with Gasteiger partial charge >= 0.3 is 6.09 Å². The standard InChI is InChI=1S/C21H21N3O3/c1-3-12-27-21(25)23-16-4-9-19-15(10-11-22)14-24(20(19)13-16)17-5-7-18(26-2)8-6-17/h4-9,13-14H,3,12,22H2,1-2H3,(H,23,25). The van der Waals surface area contributed by atoms with Crippen LogP contribution in [0.2, 0.25) is 0 Å². The molecule has 6 nitrogen and oxygen atoms in total. The highest BCUT2D eigenvalue weighted by Gasteiger charge is 2.11. The van der Waals surface area contributed by atoms with Gasteiger partial charge in [0, 0.05) is 29.0 Å². The van der Waals surface area contributed by atoms with Crippen molar-refractivity contribution < 1.29 is 14.3 Å². The van der Waals surface area contributed by atoms with E-state index in [4.69, 9.17) is 15.2 Å². The highest BCUT2D eigenvalue weighted by atomic mass is 16.5. The number of nitrogens with two attached hydrogens (primary N) is 1. The number of rotatable bonds is 5. The highest BCUT2D eigenvalue weighted by Crippen LogP contribution is 2.28. The predicted molar refractivity (Wildman–Crippen MR) is 106 cm³/mol. The Morgan fingerprint density at radius 3 is 2.67 bits per heavy atom. The summed E-state index contributed by atoms with van der Waals surface area (Å²) in [5.41, 5.74) is 8.71. The van der Waals surface area contributed by atoms with E-state index in [1.807, 2.05) is 60.2 Å². The second kappa shape index (κ2) is 8.19. The number of ether oxygens (including phenoxy) is 2. The van der Waals surface area contributed by atoms with Gasteiger partial charge in [0.05, 0.1) is 24.8 Å². The monoisotopic (exact) mass is 363 g/mol. The van der Waals surface area contributed by atoms with E-state index in [0.717, 1.165) is 34.3 Å². The minimum atomic E-state index is -0.472. The largest absolute Gasteiger partial charge is 0.497 e. The molecule has 1 aromatic heterocycles. The van der Waals surface area contributed by atoms with E-state index in [9.17, 15) is 4.79 Å². The van der Waals surface area contributed by atoms with Gasteiger partial charge in [0.2, 0.25) is 0 Å². The third-order valence-electron chi connectivity index (χ3n) is 4.05. The summed E-state index contributed by atoms with van der Waals surface area (Å²) in [4.78, 5) is 11.8. The second-order valence-corrected chi connectivity index (χ2v) is 5.87. The first-order chi connectivity index (χ1) is 13.2. The van der Waals surface area contributed by atoms with Gasteiger partial charge in [-0.15, -0.1) is 0 Å². The van der Waals surface area contributed by atoms with E-state index in [0.29, 0.717) is 12.3 Å². The van der Waals surface area contributed by atoms with Crippen LogP contribution in [0.25, 0.3) is 16.6 Å². The van der Waals surface area contributed by atoms with Gasteiger partial charge in [0.15, 0.2) is 0 Å². The topological polar surface area (TPSA) is 78.5 Å². The van der Waals surface area contributed by atoms with E-state index in [1.165, 1.54) is 0 Å². The number of carbonyl (C=O) groups is 1. The Balaban J connectivity index is 2.03. The minimum Gasteiger partial charge on any atom is -0.497 e. The SMILES string of the molecule is CCCOC(=O)Nc1ccc2c(C#CN)cn(-c3ccc(OC)cc3)c2c1. The number of nitrogens with zero attached hydrogens (tertiary/aromatic N) is 1.